The highest BCUT2D eigenvalue weighted by Gasteiger charge is 2.29. The molecule has 0 fully saturated rings. The number of halogens is 1. The molecule has 6 heteroatoms. The van der Waals surface area contributed by atoms with Gasteiger partial charge in [-0.2, -0.15) is 0 Å². The fourth-order valence-corrected chi connectivity index (χ4v) is 3.65. The van der Waals surface area contributed by atoms with E-state index in [1.807, 2.05) is 13.8 Å². The summed E-state index contributed by atoms with van der Waals surface area (Å²) in [7, 11) is -3.67. The smallest absolute Gasteiger partial charge is 0.241 e. The fraction of sp³-hybridized carbons (Fsp3) is 0.538. The molecule has 0 spiro atoms. The first kappa shape index (κ1) is 16.1. The average molecular weight is 288 g/mol. The Morgan fingerprint density at radius 1 is 1.42 bits per heavy atom. The first-order valence-corrected chi connectivity index (χ1v) is 7.72. The van der Waals surface area contributed by atoms with Crippen LogP contribution in [0.5, 0.6) is 0 Å². The predicted molar refractivity (Wildman–Crippen MR) is 73.8 cm³/mol. The van der Waals surface area contributed by atoms with E-state index >= 15 is 0 Å². The Kier molecular flexibility index (Phi) is 5.06. The molecule has 0 amide bonds. The van der Waals surface area contributed by atoms with Crippen LogP contribution < -0.4 is 10.5 Å². The topological polar surface area (TPSA) is 72.2 Å². The van der Waals surface area contributed by atoms with Crippen LogP contribution in [-0.2, 0) is 10.0 Å². The lowest BCUT2D eigenvalue weighted by Crippen LogP contribution is -2.46. The molecule has 0 aliphatic rings. The Hall–Kier alpha value is -0.980. The number of aryl methyl sites for hydroxylation is 1. The van der Waals surface area contributed by atoms with E-state index in [0.29, 0.717) is 24.9 Å². The van der Waals surface area contributed by atoms with Crippen LogP contribution in [0.1, 0.15) is 32.3 Å². The number of sulfonamides is 1. The molecule has 1 rings (SSSR count). The lowest BCUT2D eigenvalue weighted by atomic mass is 9.96. The molecule has 0 heterocycles. The molecular weight excluding hydrogens is 267 g/mol. The summed E-state index contributed by atoms with van der Waals surface area (Å²) in [6, 6.07) is 3.64. The molecule has 4 nitrogen and oxygen atoms in total. The van der Waals surface area contributed by atoms with E-state index in [1.165, 1.54) is 12.1 Å². The van der Waals surface area contributed by atoms with Gasteiger partial charge in [-0.3, -0.25) is 0 Å². The van der Waals surface area contributed by atoms with Gasteiger partial charge in [0.2, 0.25) is 10.0 Å². The van der Waals surface area contributed by atoms with Crippen LogP contribution in [0.15, 0.2) is 23.1 Å². The largest absolute Gasteiger partial charge is 0.330 e. The SMILES string of the molecule is CCC(C)(CCN)NS(=O)(=O)c1ccc(F)cc1C. The van der Waals surface area contributed by atoms with Crippen molar-refractivity contribution in [2.45, 2.75) is 44.0 Å². The summed E-state index contributed by atoms with van der Waals surface area (Å²) >= 11 is 0. The molecule has 0 aliphatic heterocycles. The van der Waals surface area contributed by atoms with Gasteiger partial charge in [0, 0.05) is 5.54 Å². The van der Waals surface area contributed by atoms with E-state index in [4.69, 9.17) is 5.73 Å². The lowest BCUT2D eigenvalue weighted by Gasteiger charge is -2.29. The zero-order valence-corrected chi connectivity index (χ0v) is 12.3. The number of nitrogens with one attached hydrogen (secondary N) is 1. The molecule has 0 saturated heterocycles. The summed E-state index contributed by atoms with van der Waals surface area (Å²) in [6.07, 6.45) is 1.17. The maximum atomic E-state index is 13.0. The summed E-state index contributed by atoms with van der Waals surface area (Å²) in [5, 5.41) is 0. The average Bonchev–Trinajstić information content (AvgIpc) is 2.27. The zero-order valence-electron chi connectivity index (χ0n) is 11.5. The van der Waals surface area contributed by atoms with Gasteiger partial charge in [0.05, 0.1) is 4.90 Å². The van der Waals surface area contributed by atoms with Crippen LogP contribution in [-0.4, -0.2) is 20.5 Å². The molecule has 19 heavy (non-hydrogen) atoms. The van der Waals surface area contributed by atoms with E-state index in [1.54, 1.807) is 6.92 Å². The van der Waals surface area contributed by atoms with Gasteiger partial charge in [-0.05, 0) is 57.0 Å². The zero-order chi connectivity index (χ0) is 14.7. The Labute approximate surface area is 114 Å². The molecule has 108 valence electrons. The highest BCUT2D eigenvalue weighted by molar-refractivity contribution is 7.89. The maximum Gasteiger partial charge on any atom is 0.241 e. The minimum absolute atomic E-state index is 0.102. The van der Waals surface area contributed by atoms with Crippen molar-refractivity contribution < 1.29 is 12.8 Å². The van der Waals surface area contributed by atoms with Gasteiger partial charge in [0.25, 0.3) is 0 Å². The van der Waals surface area contributed by atoms with Crippen molar-refractivity contribution in [1.29, 1.82) is 0 Å². The third-order valence-electron chi connectivity index (χ3n) is 3.28. The molecule has 0 bridgehead atoms. The Morgan fingerprint density at radius 2 is 2.05 bits per heavy atom. The summed E-state index contributed by atoms with van der Waals surface area (Å²) in [5.74, 6) is -0.448. The van der Waals surface area contributed by atoms with Crippen LogP contribution in [0, 0.1) is 12.7 Å². The summed E-state index contributed by atoms with van der Waals surface area (Å²) < 4.78 is 40.4. The third kappa shape index (κ3) is 3.99. The lowest BCUT2D eigenvalue weighted by molar-refractivity contribution is 0.379. The standard InChI is InChI=1S/C13H21FN2O2S/c1-4-13(3,7-8-15)16-19(17,18)12-6-5-11(14)9-10(12)2/h5-6,9,16H,4,7-8,15H2,1-3H3. The van der Waals surface area contributed by atoms with Gasteiger partial charge in [-0.25, -0.2) is 17.5 Å². The minimum Gasteiger partial charge on any atom is -0.330 e. The van der Waals surface area contributed by atoms with Crippen LogP contribution in [0.25, 0.3) is 0 Å². The van der Waals surface area contributed by atoms with E-state index in [0.717, 1.165) is 6.07 Å². The van der Waals surface area contributed by atoms with E-state index in [2.05, 4.69) is 4.72 Å². The highest BCUT2D eigenvalue weighted by atomic mass is 32.2. The molecule has 1 atom stereocenters. The first-order valence-electron chi connectivity index (χ1n) is 6.24. The molecule has 1 unspecified atom stereocenters. The minimum atomic E-state index is -3.67. The van der Waals surface area contributed by atoms with Gasteiger partial charge in [0.1, 0.15) is 5.82 Å². The molecule has 0 saturated carbocycles. The molecule has 3 N–H and O–H groups in total. The maximum absolute atomic E-state index is 13.0. The molecule has 0 aliphatic carbocycles. The second-order valence-electron chi connectivity index (χ2n) is 4.97. The second-order valence-corrected chi connectivity index (χ2v) is 6.62. The normalized spacial score (nSPS) is 15.2. The number of rotatable bonds is 6. The molecular formula is C13H21FN2O2S. The highest BCUT2D eigenvalue weighted by Crippen LogP contribution is 2.21. The fourth-order valence-electron chi connectivity index (χ4n) is 1.91. The van der Waals surface area contributed by atoms with E-state index in [9.17, 15) is 12.8 Å². The Balaban J connectivity index is 3.10. The molecule has 1 aromatic rings. The molecule has 0 aromatic heterocycles. The number of benzene rings is 1. The summed E-state index contributed by atoms with van der Waals surface area (Å²) in [5.41, 5.74) is 5.31. The first-order chi connectivity index (χ1) is 8.74. The molecule has 1 aromatic carbocycles. The van der Waals surface area contributed by atoms with Crippen LogP contribution in [0.3, 0.4) is 0 Å². The van der Waals surface area contributed by atoms with Crippen molar-refractivity contribution in [3.63, 3.8) is 0 Å². The van der Waals surface area contributed by atoms with Gasteiger partial charge in [0.15, 0.2) is 0 Å². The predicted octanol–water partition coefficient (Wildman–Crippen LogP) is 1.93. The van der Waals surface area contributed by atoms with Crippen molar-refractivity contribution in [3.05, 3.63) is 29.6 Å². The number of hydrogen-bond acceptors (Lipinski definition) is 3. The van der Waals surface area contributed by atoms with Crippen molar-refractivity contribution >= 4 is 10.0 Å². The van der Waals surface area contributed by atoms with Gasteiger partial charge in [-0.1, -0.05) is 6.92 Å². The van der Waals surface area contributed by atoms with Gasteiger partial charge >= 0.3 is 0 Å². The number of nitrogens with two attached hydrogens (primary N) is 1. The summed E-state index contributed by atoms with van der Waals surface area (Å²) in [4.78, 5) is 0.102. The van der Waals surface area contributed by atoms with Gasteiger partial charge < -0.3 is 5.73 Å². The Morgan fingerprint density at radius 3 is 2.53 bits per heavy atom. The van der Waals surface area contributed by atoms with Gasteiger partial charge in [-0.15, -0.1) is 0 Å². The van der Waals surface area contributed by atoms with Crippen molar-refractivity contribution in [2.75, 3.05) is 6.54 Å². The number of hydrogen-bond donors (Lipinski definition) is 2. The monoisotopic (exact) mass is 288 g/mol. The summed E-state index contributed by atoms with van der Waals surface area (Å²) in [6.45, 7) is 5.69. The molecule has 0 radical (unpaired) electrons. The quantitative estimate of drug-likeness (QED) is 0.840. The van der Waals surface area contributed by atoms with E-state index < -0.39 is 21.4 Å². The van der Waals surface area contributed by atoms with Crippen molar-refractivity contribution in [1.82, 2.24) is 4.72 Å². The third-order valence-corrected chi connectivity index (χ3v) is 5.08. The van der Waals surface area contributed by atoms with Crippen molar-refractivity contribution in [2.24, 2.45) is 5.73 Å². The van der Waals surface area contributed by atoms with Crippen LogP contribution in [0.2, 0.25) is 0 Å². The van der Waals surface area contributed by atoms with E-state index in [-0.39, 0.29) is 4.90 Å². The Bertz CT molecular complexity index is 546. The second kappa shape index (κ2) is 5.98. The van der Waals surface area contributed by atoms with Crippen molar-refractivity contribution in [3.8, 4) is 0 Å². The van der Waals surface area contributed by atoms with Crippen LogP contribution in [0.4, 0.5) is 4.39 Å². The van der Waals surface area contributed by atoms with Crippen LogP contribution >= 0.6 is 0 Å².